The third-order valence-corrected chi connectivity index (χ3v) is 17.3. The number of nitrogens with one attached hydrogen (secondary N) is 1. The number of ether oxygens (including phenoxy) is 2. The number of fused-ring (bicyclic) bond motifs is 2. The maximum atomic E-state index is 12.8. The number of carbonyl (C=O) groups excluding carboxylic acids is 4. The van der Waals surface area contributed by atoms with Gasteiger partial charge in [0.2, 0.25) is 11.8 Å². The van der Waals surface area contributed by atoms with Gasteiger partial charge in [0.05, 0.1) is 125 Å². The van der Waals surface area contributed by atoms with Gasteiger partial charge in [-0.1, -0.05) is 31.9 Å². The van der Waals surface area contributed by atoms with E-state index in [2.05, 4.69) is 82.2 Å². The van der Waals surface area contributed by atoms with E-state index in [1.165, 1.54) is 18.7 Å². The summed E-state index contributed by atoms with van der Waals surface area (Å²) in [5.41, 5.74) is 6.61. The lowest BCUT2D eigenvalue weighted by Crippen LogP contribution is -2.52. The van der Waals surface area contributed by atoms with E-state index < -0.39 is 6.09 Å². The normalized spacial score (nSPS) is 17.7. The molecule has 4 aliphatic heterocycles. The van der Waals surface area contributed by atoms with Crippen LogP contribution in [0.5, 0.6) is 0 Å². The minimum atomic E-state index is -0.487. The van der Waals surface area contributed by atoms with Crippen molar-refractivity contribution in [2.75, 3.05) is 32.7 Å². The minimum absolute atomic E-state index is 0.0389. The lowest BCUT2D eigenvalue weighted by Gasteiger charge is -2.40. The fourth-order valence-electron chi connectivity index (χ4n) is 10.2. The number of H-pyrrole nitrogens is 1. The Bertz CT molecular complexity index is 3860. The molecule has 7 aromatic heterocycles. The van der Waals surface area contributed by atoms with E-state index in [1.54, 1.807) is 114 Å². The predicted octanol–water partition coefficient (Wildman–Crippen LogP) is 9.55. The highest BCUT2D eigenvalue weighted by Crippen LogP contribution is 2.41. The number of amides is 4. The van der Waals surface area contributed by atoms with Crippen molar-refractivity contribution < 1.29 is 47.3 Å². The topological polar surface area (TPSA) is 291 Å². The summed E-state index contributed by atoms with van der Waals surface area (Å²) in [6.07, 6.45) is 24.5. The zero-order valence-corrected chi connectivity index (χ0v) is 60.2. The molecule has 12 rings (SSSR count). The molecule has 0 spiro atoms. The molecule has 1 aromatic carbocycles. The first kappa shape index (κ1) is 73.5. The smallest absolute Gasteiger partial charge is 0.446 e. The molecular formula is C65H83B2Br2N17O10. The van der Waals surface area contributed by atoms with E-state index in [0.29, 0.717) is 49.1 Å². The van der Waals surface area contributed by atoms with E-state index >= 15 is 0 Å². The van der Waals surface area contributed by atoms with Crippen LogP contribution < -0.4 is 30.5 Å². The minimum Gasteiger partial charge on any atom is -0.446 e. The van der Waals surface area contributed by atoms with Gasteiger partial charge in [-0.15, -0.1) is 0 Å². The lowest BCUT2D eigenvalue weighted by molar-refractivity contribution is -0.117. The van der Waals surface area contributed by atoms with Crippen LogP contribution in [0.2, 0.25) is 0 Å². The Balaban J connectivity index is 0.000000163. The third kappa shape index (κ3) is 18.4. The van der Waals surface area contributed by atoms with E-state index in [1.807, 2.05) is 130 Å². The number of benzene rings is 1. The van der Waals surface area contributed by atoms with Gasteiger partial charge in [-0.25, -0.2) is 14.6 Å². The van der Waals surface area contributed by atoms with Gasteiger partial charge in [0.25, 0.3) is 0 Å². The number of aromatic amines is 1. The first-order valence-electron chi connectivity index (χ1n) is 31.3. The molecule has 2 saturated heterocycles. The van der Waals surface area contributed by atoms with Crippen LogP contribution in [0.15, 0.2) is 128 Å². The molecule has 0 bridgehead atoms. The Morgan fingerprint density at radius 2 is 1.06 bits per heavy atom. The third-order valence-electron chi connectivity index (χ3n) is 16.2. The second-order valence-corrected chi connectivity index (χ2v) is 27.0. The molecule has 8 aromatic rings. The molecule has 4 aliphatic rings. The van der Waals surface area contributed by atoms with E-state index in [9.17, 15) is 19.2 Å². The summed E-state index contributed by atoms with van der Waals surface area (Å²) in [5.74, 6) is 0.244. The van der Waals surface area contributed by atoms with E-state index in [0.717, 1.165) is 49.1 Å². The fourth-order valence-corrected chi connectivity index (χ4v) is 10.8. The van der Waals surface area contributed by atoms with Crippen LogP contribution in [0.1, 0.15) is 128 Å². The largest absolute Gasteiger partial charge is 0.498 e. The molecule has 31 heteroatoms. The van der Waals surface area contributed by atoms with Crippen molar-refractivity contribution in [2.45, 2.75) is 176 Å². The summed E-state index contributed by atoms with van der Waals surface area (Å²) < 4.78 is 38.8. The van der Waals surface area contributed by atoms with Crippen molar-refractivity contribution in [3.8, 4) is 11.3 Å². The Morgan fingerprint density at radius 3 is 1.53 bits per heavy atom. The number of anilines is 4. The number of alkyl halides is 1. The second kappa shape index (κ2) is 31.7. The number of pyridine rings is 1. The SMILES string of the molecule is BrCc1cnccn1.CC(=O)N1c2ccc(-c3cnn(Cc4cnccn4)c3)nc2N(C(=O)OC(C)C)C[C@@H]1C.CC(=O)N1c2ccc(Br)cc2N(C(=O)OC(C)C)C[C@@H]1C.CC1(C)OB(c2cn[nH]c2)OC1(C)C.CC1(C)OB(c2cnn(Cc3cnccn3)c2)OC1(C)C. The molecule has 1 N–H and O–H groups in total. The van der Waals surface area contributed by atoms with Gasteiger partial charge >= 0.3 is 26.4 Å². The van der Waals surface area contributed by atoms with Crippen molar-refractivity contribution in [1.82, 2.24) is 64.6 Å². The zero-order valence-electron chi connectivity index (χ0n) is 57.0. The lowest BCUT2D eigenvalue weighted by atomic mass is 9.82. The number of hydrogen-bond acceptors (Lipinski definition) is 20. The summed E-state index contributed by atoms with van der Waals surface area (Å²) in [5, 5.41) is 16.1. The van der Waals surface area contributed by atoms with Crippen molar-refractivity contribution in [1.29, 1.82) is 0 Å². The molecule has 96 heavy (non-hydrogen) atoms. The molecule has 0 saturated carbocycles. The van der Waals surface area contributed by atoms with Crippen LogP contribution in [-0.2, 0) is 56.1 Å². The summed E-state index contributed by atoms with van der Waals surface area (Å²) in [6.45, 7) is 32.1. The van der Waals surface area contributed by atoms with Crippen molar-refractivity contribution in [3.63, 3.8) is 0 Å². The highest BCUT2D eigenvalue weighted by atomic mass is 79.9. The van der Waals surface area contributed by atoms with Gasteiger partial charge < -0.3 is 37.9 Å². The fraction of sp³-hybridized carbons (Fsp3) is 0.446. The molecule has 2 atom stereocenters. The van der Waals surface area contributed by atoms with Crippen molar-refractivity contribution >= 4 is 104 Å². The van der Waals surface area contributed by atoms with Gasteiger partial charge in [0, 0.05) is 121 Å². The molecule has 0 radical (unpaired) electrons. The van der Waals surface area contributed by atoms with Crippen LogP contribution >= 0.6 is 31.9 Å². The van der Waals surface area contributed by atoms with E-state index in [-0.39, 0.29) is 78.8 Å². The average molecular weight is 1440 g/mol. The van der Waals surface area contributed by atoms with Crippen LogP contribution in [0.3, 0.4) is 0 Å². The number of carbonyl (C=O) groups is 4. The average Bonchev–Trinajstić information content (AvgIpc) is 1.05. The Labute approximate surface area is 577 Å². The Hall–Kier alpha value is -8.35. The summed E-state index contributed by atoms with van der Waals surface area (Å²) in [4.78, 5) is 84.9. The van der Waals surface area contributed by atoms with Crippen LogP contribution in [0.25, 0.3) is 11.3 Å². The van der Waals surface area contributed by atoms with Gasteiger partial charge in [-0.3, -0.25) is 63.8 Å². The van der Waals surface area contributed by atoms with Crippen LogP contribution in [-0.4, -0.2) is 163 Å². The molecule has 11 heterocycles. The van der Waals surface area contributed by atoms with Crippen LogP contribution in [0.4, 0.5) is 32.5 Å². The molecule has 508 valence electrons. The quantitative estimate of drug-likeness (QED) is 0.0984. The number of hydrogen-bond donors (Lipinski definition) is 1. The van der Waals surface area contributed by atoms with Crippen LogP contribution in [0, 0.1) is 0 Å². The Kier molecular flexibility index (Phi) is 24.2. The summed E-state index contributed by atoms with van der Waals surface area (Å²) in [6, 6.07) is 8.86. The maximum absolute atomic E-state index is 12.8. The number of rotatable bonds is 10. The molecule has 0 unspecified atom stereocenters. The first-order valence-corrected chi connectivity index (χ1v) is 33.2. The zero-order chi connectivity index (χ0) is 69.9. The number of nitrogens with zero attached hydrogens (tertiary/aromatic N) is 16. The highest BCUT2D eigenvalue weighted by molar-refractivity contribution is 9.10. The van der Waals surface area contributed by atoms with E-state index in [4.69, 9.17) is 33.1 Å². The van der Waals surface area contributed by atoms with Crippen molar-refractivity contribution in [2.24, 2.45) is 0 Å². The molecule has 2 fully saturated rings. The number of aromatic nitrogens is 13. The maximum Gasteiger partial charge on any atom is 0.498 e. The van der Waals surface area contributed by atoms with Gasteiger partial charge in [-0.2, -0.15) is 15.3 Å². The number of halogens is 2. The van der Waals surface area contributed by atoms with Crippen molar-refractivity contribution in [3.05, 3.63) is 145 Å². The predicted molar refractivity (Wildman–Crippen MR) is 372 cm³/mol. The summed E-state index contributed by atoms with van der Waals surface area (Å²) in [7, 11) is -0.690. The van der Waals surface area contributed by atoms with Gasteiger partial charge in [0.15, 0.2) is 5.82 Å². The molecular weight excluding hydrogens is 1360 g/mol. The molecule has 27 nitrogen and oxygen atoms in total. The monoisotopic (exact) mass is 1440 g/mol. The van der Waals surface area contributed by atoms with Gasteiger partial charge in [0.1, 0.15) is 0 Å². The molecule has 0 aliphatic carbocycles. The first-order chi connectivity index (χ1) is 45.4. The summed E-state index contributed by atoms with van der Waals surface area (Å²) >= 11 is 6.66. The standard InChI is InChI=1S/C22H25N7O3.C15H19BrN2O3.C14H19BN4O2.C9H15BN2O2.C5H5BrN2/c1-14(2)32-22(31)28-11-15(3)29(16(4)30)20-6-5-19(26-21(20)28)17-9-25-27(12-17)13-18-10-23-7-8-24-18;1-9(2)21-15(20)17-8-10(3)18(11(4)19)13-6-5-12(16)7-14(13)17;1-13(2)14(3,4)21-15(20-13)11-7-18-19(9-11)10-12-8-16-5-6-17-12;1-8(2)9(3,4)14-10(13-8)7-5-11-12-6-7;6-3-5-4-7-1-2-8-5/h5-10,12,14-15H,11,13H2,1-4H3;5-7,9-10H,8H2,1-4H3;5-9H,10H2,1-4H3;5-6H,1-4H3,(H,11,12);1-2,4H,3H2/t15-;10-;;;/m00.../s1. The van der Waals surface area contributed by atoms with Gasteiger partial charge in [-0.05, 0) is 127 Å². The Morgan fingerprint density at radius 1 is 0.594 bits per heavy atom. The molecule has 4 amide bonds. The second-order valence-electron chi connectivity index (χ2n) is 25.6. The highest BCUT2D eigenvalue weighted by Gasteiger charge is 2.53.